The molecule has 1 aromatic carbocycles. The molecule has 1 aliphatic heterocycles. The predicted molar refractivity (Wildman–Crippen MR) is 118 cm³/mol. The third-order valence-corrected chi connectivity index (χ3v) is 8.27. The maximum absolute atomic E-state index is 5.27. The number of amidine groups is 1. The van der Waals surface area contributed by atoms with Crippen LogP contribution in [0, 0.1) is 3.57 Å². The monoisotopic (exact) mass is 468 g/mol. The van der Waals surface area contributed by atoms with Crippen LogP contribution in [0.25, 0.3) is 0 Å². The molecule has 0 amide bonds. The predicted octanol–water partition coefficient (Wildman–Crippen LogP) is 6.71. The van der Waals surface area contributed by atoms with Gasteiger partial charge in [0.2, 0.25) is 0 Å². The Bertz CT molecular complexity index is 658. The van der Waals surface area contributed by atoms with Crippen molar-refractivity contribution in [1.29, 1.82) is 0 Å². The lowest BCUT2D eigenvalue weighted by Crippen LogP contribution is -2.37. The van der Waals surface area contributed by atoms with Crippen LogP contribution in [0.15, 0.2) is 23.2 Å². The van der Waals surface area contributed by atoms with Crippen molar-refractivity contribution in [3.8, 4) is 0 Å². The maximum atomic E-state index is 5.27. The Labute approximate surface area is 170 Å². The molecule has 3 fully saturated rings. The van der Waals surface area contributed by atoms with Gasteiger partial charge in [-0.05, 0) is 78.0 Å². The Morgan fingerprint density at radius 2 is 1.88 bits per heavy atom. The number of benzene rings is 1. The third kappa shape index (κ3) is 3.76. The number of hydrogen-bond acceptors (Lipinski definition) is 2. The molecule has 25 heavy (non-hydrogen) atoms. The molecule has 1 aromatic rings. The molecule has 0 unspecified atom stereocenters. The molecule has 136 valence electrons. The van der Waals surface area contributed by atoms with Gasteiger partial charge in [0.1, 0.15) is 0 Å². The molecule has 4 heteroatoms. The zero-order chi connectivity index (χ0) is 17.4. The minimum absolute atomic E-state index is 0.461. The SMILES string of the molecule is CC(C)c1cc(I)ccc1/N=C1\SC2(CCCC2)CN1C1CCCC1. The second-order valence-electron chi connectivity index (χ2n) is 8.31. The van der Waals surface area contributed by atoms with Gasteiger partial charge in [-0.1, -0.05) is 51.3 Å². The van der Waals surface area contributed by atoms with E-state index in [-0.39, 0.29) is 0 Å². The van der Waals surface area contributed by atoms with Crippen LogP contribution >= 0.6 is 34.4 Å². The van der Waals surface area contributed by atoms with E-state index < -0.39 is 0 Å². The molecular formula is C21H29IN2S. The van der Waals surface area contributed by atoms with Gasteiger partial charge in [-0.2, -0.15) is 0 Å². The fourth-order valence-electron chi connectivity index (χ4n) is 4.72. The minimum Gasteiger partial charge on any atom is -0.347 e. The van der Waals surface area contributed by atoms with Gasteiger partial charge < -0.3 is 4.90 Å². The number of halogens is 1. The van der Waals surface area contributed by atoms with E-state index in [1.807, 2.05) is 0 Å². The Hall–Kier alpha value is -0.230. The summed E-state index contributed by atoms with van der Waals surface area (Å²) in [5.41, 5.74) is 2.58. The van der Waals surface area contributed by atoms with Crippen molar-refractivity contribution in [1.82, 2.24) is 4.90 Å². The minimum atomic E-state index is 0.461. The van der Waals surface area contributed by atoms with Gasteiger partial charge in [0.05, 0.1) is 5.69 Å². The van der Waals surface area contributed by atoms with Crippen molar-refractivity contribution in [2.75, 3.05) is 6.54 Å². The summed E-state index contributed by atoms with van der Waals surface area (Å²) in [5, 5.41) is 1.32. The molecule has 2 saturated carbocycles. The summed E-state index contributed by atoms with van der Waals surface area (Å²) >= 11 is 4.53. The van der Waals surface area contributed by atoms with Crippen LogP contribution in [-0.4, -0.2) is 27.4 Å². The highest BCUT2D eigenvalue weighted by atomic mass is 127. The van der Waals surface area contributed by atoms with Gasteiger partial charge in [-0.25, -0.2) is 4.99 Å². The first kappa shape index (κ1) is 18.1. The van der Waals surface area contributed by atoms with Crippen LogP contribution in [0.3, 0.4) is 0 Å². The molecular weight excluding hydrogens is 439 g/mol. The second kappa shape index (κ2) is 7.41. The van der Waals surface area contributed by atoms with Crippen molar-refractivity contribution in [2.45, 2.75) is 81.9 Å². The smallest absolute Gasteiger partial charge is 0.165 e. The molecule has 0 bridgehead atoms. The summed E-state index contributed by atoms with van der Waals surface area (Å²) in [7, 11) is 0. The zero-order valence-electron chi connectivity index (χ0n) is 15.4. The highest BCUT2D eigenvalue weighted by Gasteiger charge is 2.46. The first-order chi connectivity index (χ1) is 12.1. The van der Waals surface area contributed by atoms with Crippen LogP contribution in [-0.2, 0) is 0 Å². The molecule has 1 spiro atoms. The van der Waals surface area contributed by atoms with Gasteiger partial charge >= 0.3 is 0 Å². The van der Waals surface area contributed by atoms with E-state index in [0.29, 0.717) is 10.7 Å². The number of rotatable bonds is 3. The average molecular weight is 468 g/mol. The van der Waals surface area contributed by atoms with Crippen LogP contribution in [0.1, 0.15) is 76.7 Å². The number of nitrogens with zero attached hydrogens (tertiary/aromatic N) is 2. The molecule has 4 rings (SSSR count). The van der Waals surface area contributed by atoms with E-state index in [1.165, 1.54) is 77.9 Å². The molecule has 0 N–H and O–H groups in total. The van der Waals surface area contributed by atoms with Crippen LogP contribution in [0.4, 0.5) is 5.69 Å². The Morgan fingerprint density at radius 3 is 2.56 bits per heavy atom. The summed E-state index contributed by atoms with van der Waals surface area (Å²) in [6.07, 6.45) is 11.1. The van der Waals surface area contributed by atoms with Gasteiger partial charge in [0, 0.05) is 20.9 Å². The number of hydrogen-bond donors (Lipinski definition) is 0. The molecule has 0 radical (unpaired) electrons. The molecule has 2 nitrogen and oxygen atoms in total. The van der Waals surface area contributed by atoms with E-state index in [4.69, 9.17) is 4.99 Å². The van der Waals surface area contributed by atoms with Crippen molar-refractivity contribution in [2.24, 2.45) is 4.99 Å². The summed E-state index contributed by atoms with van der Waals surface area (Å²) in [6.45, 7) is 5.80. The van der Waals surface area contributed by atoms with Crippen molar-refractivity contribution in [3.63, 3.8) is 0 Å². The largest absolute Gasteiger partial charge is 0.347 e. The van der Waals surface area contributed by atoms with E-state index in [2.05, 4.69) is 71.3 Å². The molecule has 1 saturated heterocycles. The average Bonchev–Trinajstić information content (AvgIpc) is 3.31. The van der Waals surface area contributed by atoms with Crippen LogP contribution < -0.4 is 0 Å². The van der Waals surface area contributed by atoms with Gasteiger partial charge in [0.25, 0.3) is 0 Å². The lowest BCUT2D eigenvalue weighted by atomic mass is 10.0. The van der Waals surface area contributed by atoms with E-state index in [1.54, 1.807) is 0 Å². The van der Waals surface area contributed by atoms with E-state index in [9.17, 15) is 0 Å². The van der Waals surface area contributed by atoms with Crippen LogP contribution in [0.5, 0.6) is 0 Å². The summed E-state index contributed by atoms with van der Waals surface area (Å²) in [4.78, 5) is 7.97. The quantitative estimate of drug-likeness (QED) is 0.459. The zero-order valence-corrected chi connectivity index (χ0v) is 18.4. The molecule has 0 atom stereocenters. The molecule has 0 aromatic heterocycles. The number of aliphatic imine (C=N–C) groups is 1. The normalized spacial score (nSPS) is 25.1. The first-order valence-corrected chi connectivity index (χ1v) is 11.8. The van der Waals surface area contributed by atoms with Crippen molar-refractivity contribution < 1.29 is 0 Å². The Balaban J connectivity index is 1.69. The Morgan fingerprint density at radius 1 is 1.16 bits per heavy atom. The van der Waals surface area contributed by atoms with E-state index >= 15 is 0 Å². The van der Waals surface area contributed by atoms with Crippen molar-refractivity contribution >= 4 is 45.2 Å². The third-order valence-electron chi connectivity index (χ3n) is 6.12. The fourth-order valence-corrected chi connectivity index (χ4v) is 6.80. The highest BCUT2D eigenvalue weighted by molar-refractivity contribution is 14.1. The lowest BCUT2D eigenvalue weighted by molar-refractivity contribution is 0.301. The fraction of sp³-hybridized carbons (Fsp3) is 0.667. The highest BCUT2D eigenvalue weighted by Crippen LogP contribution is 2.50. The lowest BCUT2D eigenvalue weighted by Gasteiger charge is -2.27. The Kier molecular flexibility index (Phi) is 5.38. The van der Waals surface area contributed by atoms with Gasteiger partial charge in [-0.3, -0.25) is 0 Å². The molecule has 3 aliphatic rings. The standard InChI is InChI=1S/C21H29IN2S/c1-15(2)18-13-16(22)9-10-19(18)23-20-24(17-7-3-4-8-17)14-21(25-20)11-5-6-12-21/h9-10,13,15,17H,3-8,11-12,14H2,1-2H3/b23-20-. The molecule has 1 heterocycles. The molecule has 2 aliphatic carbocycles. The summed E-state index contributed by atoms with van der Waals surface area (Å²) in [5.74, 6) is 0.515. The first-order valence-electron chi connectivity index (χ1n) is 9.90. The summed E-state index contributed by atoms with van der Waals surface area (Å²) < 4.78 is 1.77. The topological polar surface area (TPSA) is 15.6 Å². The van der Waals surface area contributed by atoms with E-state index in [0.717, 1.165) is 6.04 Å². The van der Waals surface area contributed by atoms with Crippen molar-refractivity contribution in [3.05, 3.63) is 27.3 Å². The van der Waals surface area contributed by atoms with Gasteiger partial charge in [0.15, 0.2) is 5.17 Å². The maximum Gasteiger partial charge on any atom is 0.165 e. The number of thioether (sulfide) groups is 1. The summed E-state index contributed by atoms with van der Waals surface area (Å²) in [6, 6.07) is 7.49. The second-order valence-corrected chi connectivity index (χ2v) is 11.0. The van der Waals surface area contributed by atoms with Gasteiger partial charge in [-0.15, -0.1) is 0 Å². The van der Waals surface area contributed by atoms with Crippen LogP contribution in [0.2, 0.25) is 0 Å².